The zero-order valence-corrected chi connectivity index (χ0v) is 9.21. The molecule has 0 saturated heterocycles. The average molecular weight is 249 g/mol. The summed E-state index contributed by atoms with van der Waals surface area (Å²) in [4.78, 5) is 11.5. The van der Waals surface area contributed by atoms with Crippen LogP contribution in [0.5, 0.6) is 0 Å². The molecule has 1 aromatic heterocycles. The summed E-state index contributed by atoms with van der Waals surface area (Å²) in [6.07, 6.45) is 1.48. The van der Waals surface area contributed by atoms with Crippen LogP contribution in [-0.2, 0) is 4.79 Å². The van der Waals surface area contributed by atoms with Crippen molar-refractivity contribution in [2.45, 2.75) is 12.3 Å². The maximum atomic E-state index is 13.8. The molecule has 2 aromatic rings. The van der Waals surface area contributed by atoms with Crippen LogP contribution >= 0.6 is 0 Å². The van der Waals surface area contributed by atoms with E-state index in [9.17, 15) is 13.6 Å². The van der Waals surface area contributed by atoms with Crippen molar-refractivity contribution in [1.82, 2.24) is 10.2 Å². The van der Waals surface area contributed by atoms with Crippen LogP contribution in [0.2, 0.25) is 0 Å². The van der Waals surface area contributed by atoms with Crippen molar-refractivity contribution in [1.29, 1.82) is 0 Å². The molecular weight excluding hydrogens is 240 g/mol. The minimum absolute atomic E-state index is 0.00435. The second-order valence-electron chi connectivity index (χ2n) is 4.14. The summed E-state index contributed by atoms with van der Waals surface area (Å²) in [5.74, 6) is -1.84. The van der Waals surface area contributed by atoms with E-state index in [-0.39, 0.29) is 17.9 Å². The van der Waals surface area contributed by atoms with Crippen LogP contribution in [0.25, 0.3) is 0 Å². The second kappa shape index (κ2) is 3.90. The molecule has 18 heavy (non-hydrogen) atoms. The molecule has 92 valence electrons. The van der Waals surface area contributed by atoms with Gasteiger partial charge in [-0.3, -0.25) is 9.89 Å². The van der Waals surface area contributed by atoms with Crippen LogP contribution in [0.3, 0.4) is 0 Å². The number of H-pyrrole nitrogens is 1. The van der Waals surface area contributed by atoms with Gasteiger partial charge in [-0.2, -0.15) is 5.10 Å². The fraction of sp³-hybridized carbons (Fsp3) is 0.167. The summed E-state index contributed by atoms with van der Waals surface area (Å²) in [5, 5.41) is 8.97. The highest BCUT2D eigenvalue weighted by Gasteiger charge is 2.31. The Labute approximate surface area is 101 Å². The molecule has 0 fully saturated rings. The third kappa shape index (κ3) is 1.57. The highest BCUT2D eigenvalue weighted by atomic mass is 19.1. The number of carbonyl (C=O) groups is 1. The Hall–Kier alpha value is -2.24. The minimum atomic E-state index is -0.651. The Morgan fingerprint density at radius 3 is 2.72 bits per heavy atom. The number of aromatic nitrogens is 2. The van der Waals surface area contributed by atoms with Crippen LogP contribution in [-0.4, -0.2) is 16.1 Å². The number of hydrogen-bond acceptors (Lipinski definition) is 2. The van der Waals surface area contributed by atoms with E-state index in [2.05, 4.69) is 15.5 Å². The number of halogens is 2. The maximum Gasteiger partial charge on any atom is 0.226 e. The number of anilines is 1. The molecular formula is C12H9F2N3O. The first-order valence-corrected chi connectivity index (χ1v) is 5.44. The zero-order chi connectivity index (χ0) is 12.7. The Kier molecular flexibility index (Phi) is 2.36. The molecule has 3 rings (SSSR count). The summed E-state index contributed by atoms with van der Waals surface area (Å²) in [6.45, 7) is 0. The third-order valence-corrected chi connectivity index (χ3v) is 3.05. The van der Waals surface area contributed by atoms with Crippen molar-refractivity contribution < 1.29 is 13.6 Å². The normalized spacial score (nSPS) is 18.3. The van der Waals surface area contributed by atoms with Crippen LogP contribution in [0.1, 0.15) is 23.5 Å². The summed E-state index contributed by atoms with van der Waals surface area (Å²) < 4.78 is 27.5. The molecule has 6 heteroatoms. The topological polar surface area (TPSA) is 57.8 Å². The van der Waals surface area contributed by atoms with Crippen LogP contribution in [0, 0.1) is 11.6 Å². The number of benzene rings is 1. The predicted octanol–water partition coefficient (Wildman–Crippen LogP) is 2.16. The number of fused-ring (bicyclic) bond motifs is 1. The van der Waals surface area contributed by atoms with Gasteiger partial charge in [0.15, 0.2) is 0 Å². The van der Waals surface area contributed by atoms with Gasteiger partial charge in [0, 0.05) is 23.5 Å². The van der Waals surface area contributed by atoms with Gasteiger partial charge in [0.25, 0.3) is 0 Å². The lowest BCUT2D eigenvalue weighted by molar-refractivity contribution is -0.116. The lowest BCUT2D eigenvalue weighted by Gasteiger charge is -2.22. The van der Waals surface area contributed by atoms with Gasteiger partial charge in [0.05, 0.1) is 6.20 Å². The van der Waals surface area contributed by atoms with Crippen molar-refractivity contribution in [3.05, 3.63) is 47.2 Å². The van der Waals surface area contributed by atoms with Crippen molar-refractivity contribution in [3.63, 3.8) is 0 Å². The Balaban J connectivity index is 2.16. The van der Waals surface area contributed by atoms with E-state index < -0.39 is 17.6 Å². The van der Waals surface area contributed by atoms with E-state index in [4.69, 9.17) is 0 Å². The van der Waals surface area contributed by atoms with Crippen LogP contribution in [0.4, 0.5) is 14.6 Å². The number of rotatable bonds is 1. The number of aromatic amines is 1. The summed E-state index contributed by atoms with van der Waals surface area (Å²) in [6, 6.07) is 3.67. The van der Waals surface area contributed by atoms with Gasteiger partial charge in [0.1, 0.15) is 17.5 Å². The quantitative estimate of drug-likeness (QED) is 0.813. The Bertz CT molecular complexity index is 603. The van der Waals surface area contributed by atoms with Gasteiger partial charge >= 0.3 is 0 Å². The second-order valence-corrected chi connectivity index (χ2v) is 4.14. The molecule has 0 unspecified atom stereocenters. The Morgan fingerprint density at radius 1 is 1.28 bits per heavy atom. The van der Waals surface area contributed by atoms with E-state index in [0.29, 0.717) is 11.4 Å². The fourth-order valence-electron chi connectivity index (χ4n) is 2.25. The third-order valence-electron chi connectivity index (χ3n) is 3.05. The van der Waals surface area contributed by atoms with Gasteiger partial charge in [-0.15, -0.1) is 0 Å². The molecule has 2 heterocycles. The molecule has 1 aromatic carbocycles. The monoisotopic (exact) mass is 249 g/mol. The predicted molar refractivity (Wildman–Crippen MR) is 60.0 cm³/mol. The molecule has 2 N–H and O–H groups in total. The zero-order valence-electron chi connectivity index (χ0n) is 9.21. The van der Waals surface area contributed by atoms with Crippen molar-refractivity contribution in [2.24, 2.45) is 0 Å². The number of hydrogen-bond donors (Lipinski definition) is 2. The number of carbonyl (C=O) groups excluding carboxylic acids is 1. The van der Waals surface area contributed by atoms with Gasteiger partial charge in [0.2, 0.25) is 5.91 Å². The molecule has 0 saturated carbocycles. The van der Waals surface area contributed by atoms with Gasteiger partial charge in [-0.05, 0) is 12.1 Å². The van der Waals surface area contributed by atoms with Crippen LogP contribution in [0.15, 0.2) is 24.4 Å². The van der Waals surface area contributed by atoms with Crippen LogP contribution < -0.4 is 5.32 Å². The molecule has 1 atom stereocenters. The lowest BCUT2D eigenvalue weighted by atomic mass is 9.87. The first-order valence-electron chi connectivity index (χ1n) is 5.44. The van der Waals surface area contributed by atoms with Crippen molar-refractivity contribution >= 4 is 11.7 Å². The molecule has 1 aliphatic heterocycles. The minimum Gasteiger partial charge on any atom is -0.311 e. The molecule has 4 nitrogen and oxygen atoms in total. The van der Waals surface area contributed by atoms with E-state index in [0.717, 1.165) is 0 Å². The van der Waals surface area contributed by atoms with E-state index in [1.165, 1.54) is 24.4 Å². The first kappa shape index (κ1) is 10.9. The number of amides is 1. The van der Waals surface area contributed by atoms with Gasteiger partial charge in [-0.25, -0.2) is 8.78 Å². The molecule has 1 aliphatic rings. The maximum absolute atomic E-state index is 13.8. The smallest absolute Gasteiger partial charge is 0.226 e. The molecule has 0 radical (unpaired) electrons. The lowest BCUT2D eigenvalue weighted by Crippen LogP contribution is -2.24. The van der Waals surface area contributed by atoms with E-state index in [1.807, 2.05) is 0 Å². The van der Waals surface area contributed by atoms with E-state index in [1.54, 1.807) is 0 Å². The number of nitrogens with one attached hydrogen (secondary N) is 2. The molecule has 0 spiro atoms. The summed E-state index contributed by atoms with van der Waals surface area (Å²) in [7, 11) is 0. The summed E-state index contributed by atoms with van der Waals surface area (Å²) in [5.41, 5.74) is 0.508. The summed E-state index contributed by atoms with van der Waals surface area (Å²) >= 11 is 0. The van der Waals surface area contributed by atoms with Gasteiger partial charge < -0.3 is 5.32 Å². The van der Waals surface area contributed by atoms with Gasteiger partial charge in [-0.1, -0.05) is 6.07 Å². The highest BCUT2D eigenvalue weighted by Crippen LogP contribution is 2.37. The largest absolute Gasteiger partial charge is 0.311 e. The Morgan fingerprint density at radius 2 is 2.00 bits per heavy atom. The molecule has 0 bridgehead atoms. The first-order chi connectivity index (χ1) is 8.66. The van der Waals surface area contributed by atoms with Crippen molar-refractivity contribution in [3.8, 4) is 0 Å². The SMILES string of the molecule is O=C1C[C@H](c2c(F)cccc2F)c2cn[nH]c2N1. The standard InChI is InChI=1S/C12H9F2N3O/c13-8-2-1-3-9(14)11(8)6-4-10(18)16-12-7(6)5-15-17-12/h1-3,5-6H,4H2,(H2,15,16,17,18)/t6-/m0/s1. The average Bonchev–Trinajstić information content (AvgIpc) is 2.76. The highest BCUT2D eigenvalue weighted by molar-refractivity contribution is 5.94. The molecule has 1 amide bonds. The van der Waals surface area contributed by atoms with Crippen molar-refractivity contribution in [2.75, 3.05) is 5.32 Å². The fourth-order valence-corrected chi connectivity index (χ4v) is 2.25. The molecule has 0 aliphatic carbocycles. The number of nitrogens with zero attached hydrogens (tertiary/aromatic N) is 1. The van der Waals surface area contributed by atoms with E-state index >= 15 is 0 Å².